The summed E-state index contributed by atoms with van der Waals surface area (Å²) >= 11 is 0. The van der Waals surface area contributed by atoms with Crippen LogP contribution < -0.4 is 11.1 Å². The third kappa shape index (κ3) is 4.85. The Kier molecular flexibility index (Phi) is 5.97. The first-order valence-electron chi connectivity index (χ1n) is 7.17. The molecule has 0 aliphatic heterocycles. The van der Waals surface area contributed by atoms with Gasteiger partial charge in [-0.2, -0.15) is 0 Å². The minimum atomic E-state index is -1.24. The standard InChI is InChI=1S/C17H16F2N2O3/c18-12-7-4-8-14(16(12)19)21-17(23)13(20)9-15(22)24-10-11-5-2-1-3-6-11/h1-8,13H,9-10,20H2,(H,21,23)/t13-/m0/s1. The van der Waals surface area contributed by atoms with Gasteiger partial charge in [0.05, 0.1) is 18.2 Å². The summed E-state index contributed by atoms with van der Waals surface area (Å²) in [5.74, 6) is -3.76. The molecule has 0 spiro atoms. The van der Waals surface area contributed by atoms with Crippen LogP contribution in [0.25, 0.3) is 0 Å². The van der Waals surface area contributed by atoms with Gasteiger partial charge in [-0.3, -0.25) is 9.59 Å². The van der Waals surface area contributed by atoms with E-state index < -0.39 is 29.6 Å². The fraction of sp³-hybridized carbons (Fsp3) is 0.176. The number of nitrogens with one attached hydrogen (secondary N) is 1. The molecule has 0 saturated carbocycles. The summed E-state index contributed by atoms with van der Waals surface area (Å²) in [6, 6.07) is 11.1. The fourth-order valence-electron chi connectivity index (χ4n) is 1.90. The van der Waals surface area contributed by atoms with Crippen LogP contribution in [0.3, 0.4) is 0 Å². The molecule has 0 radical (unpaired) electrons. The van der Waals surface area contributed by atoms with Crippen molar-refractivity contribution in [3.05, 3.63) is 65.7 Å². The number of carbonyl (C=O) groups excluding carboxylic acids is 2. The normalized spacial score (nSPS) is 11.6. The van der Waals surface area contributed by atoms with Crippen molar-refractivity contribution in [2.45, 2.75) is 19.1 Å². The first-order chi connectivity index (χ1) is 11.5. The second kappa shape index (κ2) is 8.16. The molecule has 0 unspecified atom stereocenters. The molecule has 0 aliphatic carbocycles. The number of halogens is 2. The fourth-order valence-corrected chi connectivity index (χ4v) is 1.90. The molecule has 0 aliphatic rings. The van der Waals surface area contributed by atoms with Gasteiger partial charge in [0.15, 0.2) is 11.6 Å². The molecule has 0 fully saturated rings. The molecule has 7 heteroatoms. The molecule has 2 aromatic carbocycles. The van der Waals surface area contributed by atoms with E-state index in [1.54, 1.807) is 24.3 Å². The van der Waals surface area contributed by atoms with Crippen molar-refractivity contribution in [1.82, 2.24) is 0 Å². The first kappa shape index (κ1) is 17.6. The lowest BCUT2D eigenvalue weighted by Gasteiger charge is -2.12. The molecular weight excluding hydrogens is 318 g/mol. The van der Waals surface area contributed by atoms with Gasteiger partial charge < -0.3 is 15.8 Å². The summed E-state index contributed by atoms with van der Waals surface area (Å²) < 4.78 is 31.6. The van der Waals surface area contributed by atoms with E-state index in [2.05, 4.69) is 5.32 Å². The summed E-state index contributed by atoms with van der Waals surface area (Å²) in [5.41, 5.74) is 6.05. The average molecular weight is 334 g/mol. The largest absolute Gasteiger partial charge is 0.461 e. The minimum absolute atomic E-state index is 0.0620. The van der Waals surface area contributed by atoms with Crippen molar-refractivity contribution < 1.29 is 23.1 Å². The lowest BCUT2D eigenvalue weighted by atomic mass is 10.2. The Hall–Kier alpha value is -2.80. The van der Waals surface area contributed by atoms with Crippen LogP contribution in [0.1, 0.15) is 12.0 Å². The zero-order chi connectivity index (χ0) is 17.5. The van der Waals surface area contributed by atoms with E-state index in [1.807, 2.05) is 6.07 Å². The zero-order valence-corrected chi connectivity index (χ0v) is 12.7. The van der Waals surface area contributed by atoms with Crippen LogP contribution in [0.15, 0.2) is 48.5 Å². The van der Waals surface area contributed by atoms with E-state index >= 15 is 0 Å². The number of hydrogen-bond donors (Lipinski definition) is 2. The summed E-state index contributed by atoms with van der Waals surface area (Å²) in [6.07, 6.45) is -0.379. The second-order valence-electron chi connectivity index (χ2n) is 5.05. The van der Waals surface area contributed by atoms with E-state index in [0.29, 0.717) is 0 Å². The predicted molar refractivity (Wildman–Crippen MR) is 83.8 cm³/mol. The monoisotopic (exact) mass is 334 g/mol. The van der Waals surface area contributed by atoms with Gasteiger partial charge in [0, 0.05) is 0 Å². The molecule has 0 saturated heterocycles. The third-order valence-corrected chi connectivity index (χ3v) is 3.18. The zero-order valence-electron chi connectivity index (χ0n) is 12.7. The Morgan fingerprint density at radius 3 is 2.50 bits per heavy atom. The average Bonchev–Trinajstić information content (AvgIpc) is 2.58. The van der Waals surface area contributed by atoms with E-state index in [1.165, 1.54) is 12.1 Å². The molecule has 2 aromatic rings. The smallest absolute Gasteiger partial charge is 0.308 e. The Balaban J connectivity index is 1.84. The third-order valence-electron chi connectivity index (χ3n) is 3.18. The number of ether oxygens (including phenoxy) is 1. The molecule has 126 valence electrons. The Labute approximate surface area is 137 Å². The highest BCUT2D eigenvalue weighted by atomic mass is 19.2. The first-order valence-corrected chi connectivity index (χ1v) is 7.17. The molecular formula is C17H16F2N2O3. The number of hydrogen-bond acceptors (Lipinski definition) is 4. The Bertz CT molecular complexity index is 723. The Morgan fingerprint density at radius 1 is 1.08 bits per heavy atom. The Morgan fingerprint density at radius 2 is 1.79 bits per heavy atom. The number of amides is 1. The summed E-state index contributed by atoms with van der Waals surface area (Å²) in [6.45, 7) is 0.0620. The van der Waals surface area contributed by atoms with Crippen LogP contribution in [0, 0.1) is 11.6 Å². The highest BCUT2D eigenvalue weighted by molar-refractivity contribution is 5.96. The summed E-state index contributed by atoms with van der Waals surface area (Å²) in [4.78, 5) is 23.5. The van der Waals surface area contributed by atoms with E-state index in [-0.39, 0.29) is 18.7 Å². The quantitative estimate of drug-likeness (QED) is 0.795. The van der Waals surface area contributed by atoms with Gasteiger partial charge in [0.2, 0.25) is 5.91 Å². The van der Waals surface area contributed by atoms with E-state index in [4.69, 9.17) is 10.5 Å². The van der Waals surface area contributed by atoms with Crippen LogP contribution >= 0.6 is 0 Å². The molecule has 0 bridgehead atoms. The number of anilines is 1. The second-order valence-corrected chi connectivity index (χ2v) is 5.05. The van der Waals surface area contributed by atoms with Crippen molar-refractivity contribution in [3.8, 4) is 0 Å². The number of esters is 1. The lowest BCUT2D eigenvalue weighted by molar-refractivity contribution is -0.146. The van der Waals surface area contributed by atoms with Gasteiger partial charge in [-0.25, -0.2) is 8.78 Å². The van der Waals surface area contributed by atoms with Gasteiger partial charge in [-0.15, -0.1) is 0 Å². The van der Waals surface area contributed by atoms with Gasteiger partial charge in [0.1, 0.15) is 6.61 Å². The van der Waals surface area contributed by atoms with Crippen molar-refractivity contribution in [2.24, 2.45) is 5.73 Å². The topological polar surface area (TPSA) is 81.4 Å². The molecule has 0 heterocycles. The van der Waals surface area contributed by atoms with Crippen molar-refractivity contribution >= 4 is 17.6 Å². The van der Waals surface area contributed by atoms with E-state index in [0.717, 1.165) is 11.6 Å². The van der Waals surface area contributed by atoms with Gasteiger partial charge in [-0.1, -0.05) is 36.4 Å². The highest BCUT2D eigenvalue weighted by Crippen LogP contribution is 2.16. The SMILES string of the molecule is N[C@@H](CC(=O)OCc1ccccc1)C(=O)Nc1cccc(F)c1F. The van der Waals surface area contributed by atoms with E-state index in [9.17, 15) is 18.4 Å². The number of carbonyl (C=O) groups is 2. The van der Waals surface area contributed by atoms with Crippen LogP contribution in [0.2, 0.25) is 0 Å². The molecule has 2 rings (SSSR count). The predicted octanol–water partition coefficient (Wildman–Crippen LogP) is 2.36. The molecule has 3 N–H and O–H groups in total. The van der Waals surface area contributed by atoms with Crippen molar-refractivity contribution in [2.75, 3.05) is 5.32 Å². The maximum absolute atomic E-state index is 13.5. The summed E-state index contributed by atoms with van der Waals surface area (Å²) in [7, 11) is 0. The summed E-state index contributed by atoms with van der Waals surface area (Å²) in [5, 5.41) is 2.14. The maximum Gasteiger partial charge on any atom is 0.308 e. The van der Waals surface area contributed by atoms with Crippen LogP contribution in [0.5, 0.6) is 0 Å². The van der Waals surface area contributed by atoms with Gasteiger partial charge >= 0.3 is 5.97 Å². The number of rotatable bonds is 6. The molecule has 1 atom stereocenters. The number of benzene rings is 2. The maximum atomic E-state index is 13.5. The van der Waals surface area contributed by atoms with Crippen molar-refractivity contribution in [3.63, 3.8) is 0 Å². The molecule has 0 aromatic heterocycles. The van der Waals surface area contributed by atoms with Gasteiger partial charge in [-0.05, 0) is 17.7 Å². The molecule has 24 heavy (non-hydrogen) atoms. The van der Waals surface area contributed by atoms with Crippen LogP contribution in [-0.4, -0.2) is 17.9 Å². The number of nitrogens with two attached hydrogens (primary N) is 1. The molecule has 1 amide bonds. The van der Waals surface area contributed by atoms with Gasteiger partial charge in [0.25, 0.3) is 0 Å². The van der Waals surface area contributed by atoms with Crippen molar-refractivity contribution in [1.29, 1.82) is 0 Å². The van der Waals surface area contributed by atoms with Crippen LogP contribution in [0.4, 0.5) is 14.5 Å². The van der Waals surface area contributed by atoms with Crippen LogP contribution in [-0.2, 0) is 20.9 Å². The lowest BCUT2D eigenvalue weighted by Crippen LogP contribution is -2.38. The molecule has 5 nitrogen and oxygen atoms in total. The minimum Gasteiger partial charge on any atom is -0.461 e. The highest BCUT2D eigenvalue weighted by Gasteiger charge is 2.20.